The van der Waals surface area contributed by atoms with Gasteiger partial charge in [-0.3, -0.25) is 15.1 Å². The Morgan fingerprint density at radius 2 is 1.87 bits per heavy atom. The number of amides is 2. The van der Waals surface area contributed by atoms with Gasteiger partial charge in [-0.05, 0) is 49.1 Å². The van der Waals surface area contributed by atoms with Crippen LogP contribution in [0.3, 0.4) is 0 Å². The average Bonchev–Trinajstić information content (AvgIpc) is 3.64. The van der Waals surface area contributed by atoms with Gasteiger partial charge >= 0.3 is 6.09 Å². The molecular weight excluding hydrogens is 517 g/mol. The fourth-order valence-corrected chi connectivity index (χ4v) is 4.05. The van der Waals surface area contributed by atoms with Crippen molar-refractivity contribution >= 4 is 23.5 Å². The molecule has 3 atom stereocenters. The maximum absolute atomic E-state index is 13.9. The highest BCUT2D eigenvalue weighted by Gasteiger charge is 2.44. The SMILES string of the molecule is C[C@@H](OC(=O)Nc1c(-c2ccc(NC(=O)C3CC3c3ccc(F)nc3)cn2)nnn1C)c1cc(F)cnc1F. The number of nitrogens with one attached hydrogen (secondary N) is 2. The lowest BCUT2D eigenvalue weighted by atomic mass is 10.1. The van der Waals surface area contributed by atoms with Gasteiger partial charge in [0.2, 0.25) is 17.8 Å². The van der Waals surface area contributed by atoms with Gasteiger partial charge in [-0.15, -0.1) is 5.10 Å². The lowest BCUT2D eigenvalue weighted by Crippen LogP contribution is -2.19. The van der Waals surface area contributed by atoms with E-state index in [0.717, 1.165) is 17.8 Å². The summed E-state index contributed by atoms with van der Waals surface area (Å²) in [4.78, 5) is 36.3. The number of pyridine rings is 3. The van der Waals surface area contributed by atoms with E-state index < -0.39 is 29.9 Å². The third-order valence-electron chi connectivity index (χ3n) is 6.18. The number of aromatic nitrogens is 6. The summed E-state index contributed by atoms with van der Waals surface area (Å²) >= 11 is 0. The number of rotatable bonds is 7. The minimum atomic E-state index is -1.13. The molecule has 1 aliphatic rings. The van der Waals surface area contributed by atoms with Crippen molar-refractivity contribution in [2.45, 2.75) is 25.4 Å². The van der Waals surface area contributed by atoms with Gasteiger partial charge in [0.15, 0.2) is 11.5 Å². The Labute approximate surface area is 219 Å². The van der Waals surface area contributed by atoms with Crippen LogP contribution in [-0.2, 0) is 16.6 Å². The summed E-state index contributed by atoms with van der Waals surface area (Å²) in [6.07, 6.45) is 2.13. The van der Waals surface area contributed by atoms with Crippen molar-refractivity contribution < 1.29 is 27.5 Å². The standard InChI is InChI=1S/C25H21F3N8O3/c1-12(16-7-14(26)10-31-22(16)28)39-25(38)33-23-21(34-35-36(23)2)19-5-4-15(11-29-19)32-24(37)18-8-17(18)13-3-6-20(27)30-9-13/h3-7,9-12,17-18H,8H2,1-2H3,(H,32,37)(H,33,38)/t12-,17?,18?/m1/s1. The molecule has 4 heterocycles. The Morgan fingerprint density at radius 1 is 1.05 bits per heavy atom. The van der Waals surface area contributed by atoms with Gasteiger partial charge in [-0.25, -0.2) is 23.8 Å². The number of anilines is 2. The van der Waals surface area contributed by atoms with Crippen LogP contribution in [0.2, 0.25) is 0 Å². The van der Waals surface area contributed by atoms with Gasteiger partial charge in [-0.1, -0.05) is 11.3 Å². The number of carbonyl (C=O) groups is 2. The van der Waals surface area contributed by atoms with Gasteiger partial charge in [0.05, 0.1) is 29.3 Å². The minimum absolute atomic E-state index is 0.0188. The molecule has 2 unspecified atom stereocenters. The van der Waals surface area contributed by atoms with Crippen LogP contribution in [0.1, 0.15) is 36.5 Å². The van der Waals surface area contributed by atoms with E-state index >= 15 is 0 Å². The summed E-state index contributed by atoms with van der Waals surface area (Å²) in [7, 11) is 1.53. The highest BCUT2D eigenvalue weighted by Crippen LogP contribution is 2.47. The van der Waals surface area contributed by atoms with E-state index in [2.05, 4.69) is 35.9 Å². The molecule has 1 aliphatic carbocycles. The lowest BCUT2D eigenvalue weighted by molar-refractivity contribution is -0.117. The first-order valence-corrected chi connectivity index (χ1v) is 11.8. The summed E-state index contributed by atoms with van der Waals surface area (Å²) in [5.74, 6) is -2.62. The van der Waals surface area contributed by atoms with Gasteiger partial charge in [0, 0.05) is 19.2 Å². The molecule has 4 aromatic heterocycles. The second-order valence-corrected chi connectivity index (χ2v) is 8.90. The lowest BCUT2D eigenvalue weighted by Gasteiger charge is -2.15. The molecule has 14 heteroatoms. The van der Waals surface area contributed by atoms with E-state index in [1.54, 1.807) is 18.2 Å². The van der Waals surface area contributed by atoms with Crippen LogP contribution in [-0.4, -0.2) is 41.9 Å². The molecule has 39 heavy (non-hydrogen) atoms. The Hall–Kier alpha value is -4.88. The van der Waals surface area contributed by atoms with Crippen molar-refractivity contribution in [3.63, 3.8) is 0 Å². The van der Waals surface area contributed by atoms with Crippen LogP contribution >= 0.6 is 0 Å². The molecule has 2 amide bonds. The molecule has 1 saturated carbocycles. The van der Waals surface area contributed by atoms with E-state index in [1.165, 1.54) is 37.1 Å². The van der Waals surface area contributed by atoms with Crippen LogP contribution in [0.25, 0.3) is 11.4 Å². The number of carbonyl (C=O) groups excluding carboxylic acids is 2. The van der Waals surface area contributed by atoms with Crippen molar-refractivity contribution in [1.29, 1.82) is 0 Å². The monoisotopic (exact) mass is 538 g/mol. The normalized spacial score (nSPS) is 16.8. The predicted octanol–water partition coefficient (Wildman–Crippen LogP) is 4.14. The molecular formula is C25H21F3N8O3. The predicted molar refractivity (Wildman–Crippen MR) is 131 cm³/mol. The maximum atomic E-state index is 13.9. The first kappa shape index (κ1) is 25.8. The molecule has 0 spiro atoms. The zero-order chi connectivity index (χ0) is 27.7. The van der Waals surface area contributed by atoms with Gasteiger partial charge in [-0.2, -0.15) is 8.78 Å². The van der Waals surface area contributed by atoms with Crippen molar-refractivity contribution in [3.05, 3.63) is 77.8 Å². The third kappa shape index (κ3) is 5.68. The third-order valence-corrected chi connectivity index (χ3v) is 6.18. The molecule has 0 aliphatic heterocycles. The first-order valence-electron chi connectivity index (χ1n) is 11.8. The van der Waals surface area contributed by atoms with E-state index in [0.29, 0.717) is 17.8 Å². The first-order chi connectivity index (χ1) is 18.7. The molecule has 0 radical (unpaired) electrons. The fraction of sp³-hybridized carbons (Fsp3) is 0.240. The highest BCUT2D eigenvalue weighted by molar-refractivity contribution is 5.95. The van der Waals surface area contributed by atoms with Crippen molar-refractivity contribution in [1.82, 2.24) is 29.9 Å². The second-order valence-electron chi connectivity index (χ2n) is 8.90. The zero-order valence-electron chi connectivity index (χ0n) is 20.6. The Bertz CT molecular complexity index is 1530. The molecule has 0 aromatic carbocycles. The average molecular weight is 538 g/mol. The minimum Gasteiger partial charge on any atom is -0.441 e. The van der Waals surface area contributed by atoms with Crippen molar-refractivity contribution in [2.24, 2.45) is 13.0 Å². The Balaban J connectivity index is 1.22. The number of hydrogen-bond acceptors (Lipinski definition) is 8. The smallest absolute Gasteiger partial charge is 0.413 e. The Morgan fingerprint density at radius 3 is 2.59 bits per heavy atom. The molecule has 0 bridgehead atoms. The summed E-state index contributed by atoms with van der Waals surface area (Å²) < 4.78 is 46.8. The molecule has 0 saturated heterocycles. The quantitative estimate of drug-likeness (QED) is 0.335. The van der Waals surface area contributed by atoms with E-state index in [9.17, 15) is 22.8 Å². The fourth-order valence-electron chi connectivity index (χ4n) is 4.05. The number of hydrogen-bond donors (Lipinski definition) is 2. The molecule has 1 fully saturated rings. The van der Waals surface area contributed by atoms with Crippen molar-refractivity contribution in [2.75, 3.05) is 10.6 Å². The van der Waals surface area contributed by atoms with Crippen LogP contribution in [0.15, 0.2) is 48.9 Å². The molecule has 200 valence electrons. The molecule has 4 aromatic rings. The molecule has 5 rings (SSSR count). The second kappa shape index (κ2) is 10.5. The zero-order valence-corrected chi connectivity index (χ0v) is 20.6. The topological polar surface area (TPSA) is 137 Å². The highest BCUT2D eigenvalue weighted by atomic mass is 19.1. The largest absolute Gasteiger partial charge is 0.441 e. The van der Waals surface area contributed by atoms with Gasteiger partial charge in [0.1, 0.15) is 11.9 Å². The van der Waals surface area contributed by atoms with Crippen LogP contribution in [0, 0.1) is 23.6 Å². The van der Waals surface area contributed by atoms with Crippen LogP contribution in [0.5, 0.6) is 0 Å². The molecule has 11 nitrogen and oxygen atoms in total. The van der Waals surface area contributed by atoms with Crippen LogP contribution in [0.4, 0.5) is 29.5 Å². The maximum Gasteiger partial charge on any atom is 0.413 e. The summed E-state index contributed by atoms with van der Waals surface area (Å²) in [6.45, 7) is 1.37. The number of aryl methyl sites for hydroxylation is 1. The van der Waals surface area contributed by atoms with Gasteiger partial charge in [0.25, 0.3) is 0 Å². The summed E-state index contributed by atoms with van der Waals surface area (Å²) in [6, 6.07) is 6.99. The van der Waals surface area contributed by atoms with E-state index in [-0.39, 0.29) is 34.8 Å². The number of ether oxygens (including phenoxy) is 1. The summed E-state index contributed by atoms with van der Waals surface area (Å²) in [5.41, 5.74) is 1.58. The summed E-state index contributed by atoms with van der Waals surface area (Å²) in [5, 5.41) is 13.2. The van der Waals surface area contributed by atoms with Crippen molar-refractivity contribution in [3.8, 4) is 11.4 Å². The number of halogens is 3. The Kier molecular flexibility index (Phi) is 6.92. The number of nitrogens with zero attached hydrogens (tertiary/aromatic N) is 6. The molecule has 2 N–H and O–H groups in total. The van der Waals surface area contributed by atoms with Gasteiger partial charge < -0.3 is 10.1 Å². The van der Waals surface area contributed by atoms with E-state index in [1.807, 2.05) is 0 Å². The van der Waals surface area contributed by atoms with Crippen LogP contribution < -0.4 is 10.6 Å². The van der Waals surface area contributed by atoms with E-state index in [4.69, 9.17) is 4.74 Å².